The summed E-state index contributed by atoms with van der Waals surface area (Å²) >= 11 is 3.19. The Morgan fingerprint density at radius 3 is 2.55 bits per heavy atom. The molecule has 1 aliphatic rings. The van der Waals surface area contributed by atoms with Crippen LogP contribution in [0.25, 0.3) is 11.6 Å². The normalized spacial score (nSPS) is 19.3. The highest BCUT2D eigenvalue weighted by Crippen LogP contribution is 2.32. The summed E-state index contributed by atoms with van der Waals surface area (Å²) < 4.78 is 44.0. The number of aromatic nitrogens is 5. The van der Waals surface area contributed by atoms with Gasteiger partial charge in [-0.1, -0.05) is 6.92 Å². The molecule has 1 aromatic carbocycles. The van der Waals surface area contributed by atoms with Crippen LogP contribution < -0.4 is 9.47 Å². The van der Waals surface area contributed by atoms with E-state index in [0.29, 0.717) is 36.6 Å². The summed E-state index contributed by atoms with van der Waals surface area (Å²) in [5, 5.41) is 24.7. The molecule has 33 heavy (non-hydrogen) atoms. The first-order valence-electron chi connectivity index (χ1n) is 10.3. The fraction of sp³-hybridized carbons (Fsp3) is 0.450. The molecule has 0 aliphatic heterocycles. The molecule has 1 aliphatic carbocycles. The summed E-state index contributed by atoms with van der Waals surface area (Å²) in [4.78, 5) is 12.3. The number of carbonyl (C=O) groups is 1. The standard InChI is InChI=1S/C20H20BrF2N5O5/c1-2-15(20(29)30)28-25-19(24-27-28)17-9-18(26-33-17)32-11-5-3-10(4-6-11)31-16-8-14(23)13(22)7-12(16)21/h7-11,15H,2-6H2,1H3,(H,29,30). The van der Waals surface area contributed by atoms with E-state index in [2.05, 4.69) is 36.5 Å². The number of benzene rings is 1. The predicted octanol–water partition coefficient (Wildman–Crippen LogP) is 4.17. The molecule has 2 aromatic heterocycles. The Balaban J connectivity index is 1.32. The predicted molar refractivity (Wildman–Crippen MR) is 112 cm³/mol. The summed E-state index contributed by atoms with van der Waals surface area (Å²) in [6.07, 6.45) is 2.66. The molecule has 0 spiro atoms. The zero-order valence-electron chi connectivity index (χ0n) is 17.4. The zero-order valence-corrected chi connectivity index (χ0v) is 19.0. The van der Waals surface area contributed by atoms with Crippen LogP contribution in [0.15, 0.2) is 27.2 Å². The molecule has 1 unspecified atom stereocenters. The fourth-order valence-corrected chi connectivity index (χ4v) is 3.93. The van der Waals surface area contributed by atoms with Crippen molar-refractivity contribution in [3.05, 3.63) is 34.3 Å². The number of halogens is 3. The van der Waals surface area contributed by atoms with Gasteiger partial charge >= 0.3 is 5.97 Å². The number of ether oxygens (including phenoxy) is 2. The van der Waals surface area contributed by atoms with Gasteiger partial charge in [0.1, 0.15) is 11.9 Å². The number of hydrogen-bond donors (Lipinski definition) is 1. The second kappa shape index (κ2) is 9.81. The van der Waals surface area contributed by atoms with Crippen LogP contribution in [0.2, 0.25) is 0 Å². The van der Waals surface area contributed by atoms with Gasteiger partial charge in [-0.05, 0) is 64.5 Å². The van der Waals surface area contributed by atoms with Crippen molar-refractivity contribution in [2.75, 3.05) is 0 Å². The molecule has 0 amide bonds. The second-order valence-electron chi connectivity index (χ2n) is 7.56. The second-order valence-corrected chi connectivity index (χ2v) is 8.41. The average molecular weight is 528 g/mol. The van der Waals surface area contributed by atoms with Gasteiger partial charge < -0.3 is 19.1 Å². The molecule has 10 nitrogen and oxygen atoms in total. The fourth-order valence-electron chi connectivity index (χ4n) is 3.53. The van der Waals surface area contributed by atoms with E-state index < -0.39 is 23.6 Å². The number of rotatable bonds is 8. The molecule has 2 heterocycles. The molecule has 176 valence electrons. The third kappa shape index (κ3) is 5.29. The number of nitrogens with zero attached hydrogens (tertiary/aromatic N) is 5. The molecule has 1 N–H and O–H groups in total. The van der Waals surface area contributed by atoms with Crippen molar-refractivity contribution in [1.29, 1.82) is 0 Å². The van der Waals surface area contributed by atoms with Crippen LogP contribution >= 0.6 is 15.9 Å². The lowest BCUT2D eigenvalue weighted by molar-refractivity contribution is -0.141. The monoisotopic (exact) mass is 527 g/mol. The number of aliphatic carboxylic acids is 1. The maximum Gasteiger partial charge on any atom is 0.330 e. The van der Waals surface area contributed by atoms with Crippen LogP contribution in [0.5, 0.6) is 11.6 Å². The van der Waals surface area contributed by atoms with Gasteiger partial charge in [0.05, 0.1) is 16.6 Å². The third-order valence-electron chi connectivity index (χ3n) is 5.26. The number of hydrogen-bond acceptors (Lipinski definition) is 8. The van der Waals surface area contributed by atoms with Crippen molar-refractivity contribution in [2.45, 2.75) is 57.3 Å². The first kappa shape index (κ1) is 23.1. The molecule has 1 saturated carbocycles. The Bertz CT molecular complexity index is 1130. The minimum absolute atomic E-state index is 0.103. The maximum absolute atomic E-state index is 13.5. The van der Waals surface area contributed by atoms with Gasteiger partial charge in [-0.2, -0.15) is 0 Å². The molecule has 0 bridgehead atoms. The highest BCUT2D eigenvalue weighted by molar-refractivity contribution is 9.10. The van der Waals surface area contributed by atoms with Crippen molar-refractivity contribution < 1.29 is 32.7 Å². The van der Waals surface area contributed by atoms with Crippen molar-refractivity contribution >= 4 is 21.9 Å². The molecular weight excluding hydrogens is 508 g/mol. The molecular formula is C20H20BrF2N5O5. The average Bonchev–Trinajstić information content (AvgIpc) is 3.43. The molecule has 4 rings (SSSR count). The summed E-state index contributed by atoms with van der Waals surface area (Å²) in [7, 11) is 0. The summed E-state index contributed by atoms with van der Waals surface area (Å²) in [5.74, 6) is -2.15. The molecule has 1 atom stereocenters. The van der Waals surface area contributed by atoms with E-state index >= 15 is 0 Å². The minimum Gasteiger partial charge on any atom is -0.489 e. The van der Waals surface area contributed by atoms with Crippen molar-refractivity contribution in [3.8, 4) is 23.2 Å². The maximum atomic E-state index is 13.5. The topological polar surface area (TPSA) is 125 Å². The van der Waals surface area contributed by atoms with Crippen LogP contribution in [0.4, 0.5) is 8.78 Å². The van der Waals surface area contributed by atoms with Gasteiger partial charge in [0.2, 0.25) is 11.6 Å². The lowest BCUT2D eigenvalue weighted by Crippen LogP contribution is -2.30. The molecule has 0 radical (unpaired) electrons. The molecule has 3 aromatic rings. The summed E-state index contributed by atoms with van der Waals surface area (Å²) in [6, 6.07) is 2.67. The summed E-state index contributed by atoms with van der Waals surface area (Å²) in [5.41, 5.74) is 0. The van der Waals surface area contributed by atoms with Crippen LogP contribution in [0.3, 0.4) is 0 Å². The Kier molecular flexibility index (Phi) is 6.86. The van der Waals surface area contributed by atoms with Crippen molar-refractivity contribution in [3.63, 3.8) is 0 Å². The smallest absolute Gasteiger partial charge is 0.330 e. The van der Waals surface area contributed by atoms with Gasteiger partial charge in [-0.3, -0.25) is 0 Å². The van der Waals surface area contributed by atoms with Gasteiger partial charge in [-0.15, -0.1) is 15.0 Å². The van der Waals surface area contributed by atoms with Gasteiger partial charge in [0.15, 0.2) is 17.7 Å². The Morgan fingerprint density at radius 2 is 1.88 bits per heavy atom. The van der Waals surface area contributed by atoms with Crippen LogP contribution in [-0.2, 0) is 4.79 Å². The Morgan fingerprint density at radius 1 is 1.21 bits per heavy atom. The highest BCUT2D eigenvalue weighted by Gasteiger charge is 2.27. The van der Waals surface area contributed by atoms with E-state index in [1.807, 2.05) is 0 Å². The Hall–Kier alpha value is -3.09. The van der Waals surface area contributed by atoms with Gasteiger partial charge in [0, 0.05) is 6.07 Å². The third-order valence-corrected chi connectivity index (χ3v) is 5.88. The Labute approximate surface area is 195 Å². The van der Waals surface area contributed by atoms with Crippen LogP contribution in [-0.4, -0.2) is 48.6 Å². The van der Waals surface area contributed by atoms with E-state index in [4.69, 9.17) is 14.0 Å². The SMILES string of the molecule is CCC(C(=O)O)n1nnc(-c2cc(OC3CCC(Oc4cc(F)c(F)cc4Br)CC3)no2)n1. The number of carboxylic acid groups (broad SMARTS) is 1. The largest absolute Gasteiger partial charge is 0.489 e. The van der Waals surface area contributed by atoms with Crippen LogP contribution in [0, 0.1) is 11.6 Å². The lowest BCUT2D eigenvalue weighted by Gasteiger charge is -2.29. The molecule has 1 fully saturated rings. The van der Waals surface area contributed by atoms with Crippen LogP contribution in [0.1, 0.15) is 45.1 Å². The van der Waals surface area contributed by atoms with Crippen molar-refractivity contribution in [2.24, 2.45) is 0 Å². The number of tetrazole rings is 1. The van der Waals surface area contributed by atoms with Gasteiger partial charge in [-0.25, -0.2) is 13.6 Å². The minimum atomic E-state index is -1.06. The zero-order chi connectivity index (χ0) is 23.5. The van der Waals surface area contributed by atoms with E-state index in [9.17, 15) is 18.7 Å². The lowest BCUT2D eigenvalue weighted by atomic mass is 9.95. The van der Waals surface area contributed by atoms with Gasteiger partial charge in [0.25, 0.3) is 5.88 Å². The first-order valence-corrected chi connectivity index (χ1v) is 11.1. The summed E-state index contributed by atoms with van der Waals surface area (Å²) in [6.45, 7) is 1.71. The van der Waals surface area contributed by atoms with E-state index in [1.54, 1.807) is 6.92 Å². The van der Waals surface area contributed by atoms with E-state index in [1.165, 1.54) is 6.07 Å². The number of carboxylic acids is 1. The first-order chi connectivity index (χ1) is 15.8. The molecule has 0 saturated heterocycles. The molecule has 13 heteroatoms. The van der Waals surface area contributed by atoms with E-state index in [-0.39, 0.29) is 35.4 Å². The van der Waals surface area contributed by atoms with Crippen molar-refractivity contribution in [1.82, 2.24) is 25.4 Å². The highest BCUT2D eigenvalue weighted by atomic mass is 79.9. The quantitative estimate of drug-likeness (QED) is 0.429. The van der Waals surface area contributed by atoms with E-state index in [0.717, 1.165) is 16.9 Å².